The lowest BCUT2D eigenvalue weighted by Gasteiger charge is -2.13. The second-order valence-electron chi connectivity index (χ2n) is 3.44. The summed E-state index contributed by atoms with van der Waals surface area (Å²) in [5.74, 6) is 0. The number of aliphatic hydroxyl groups excluding tert-OH is 1. The van der Waals surface area contributed by atoms with E-state index in [1.165, 1.54) is 0 Å². The molecular weight excluding hydrogens is 180 g/mol. The van der Waals surface area contributed by atoms with Gasteiger partial charge in [0.2, 0.25) is 0 Å². The summed E-state index contributed by atoms with van der Waals surface area (Å²) in [6, 6.07) is 9.92. The number of rotatable bonds is 3. The molecule has 0 bridgehead atoms. The molecule has 14 heavy (non-hydrogen) atoms. The monoisotopic (exact) mass is 194 g/mol. The normalized spacial score (nSPS) is 26.6. The minimum Gasteiger partial charge on any atom is -0.388 e. The molecule has 1 N–H and O–H groups in total. The second kappa shape index (κ2) is 4.55. The zero-order chi connectivity index (χ0) is 9.80. The van der Waals surface area contributed by atoms with E-state index in [2.05, 4.69) is 0 Å². The van der Waals surface area contributed by atoms with Gasteiger partial charge >= 0.3 is 0 Å². The summed E-state index contributed by atoms with van der Waals surface area (Å²) in [7, 11) is 0. The first-order valence-electron chi connectivity index (χ1n) is 4.77. The van der Waals surface area contributed by atoms with Crippen LogP contribution in [0.2, 0.25) is 0 Å². The number of hydrogen-bond acceptors (Lipinski definition) is 3. The lowest BCUT2D eigenvalue weighted by Crippen LogP contribution is -2.26. The van der Waals surface area contributed by atoms with Crippen LogP contribution in [0.15, 0.2) is 30.3 Å². The smallest absolute Gasteiger partial charge is 0.109 e. The third-order valence-electron chi connectivity index (χ3n) is 2.31. The molecule has 1 aromatic rings. The van der Waals surface area contributed by atoms with Gasteiger partial charge < -0.3 is 14.6 Å². The standard InChI is InChI=1S/C11H14O3/c12-10-7-13-8-11(10)14-6-9-4-2-1-3-5-9/h1-5,10-12H,6-8H2/t10-,11+/m0/s1. The molecule has 1 aliphatic heterocycles. The van der Waals surface area contributed by atoms with Crippen LogP contribution in [0.3, 0.4) is 0 Å². The minimum atomic E-state index is -0.473. The van der Waals surface area contributed by atoms with Gasteiger partial charge in [0.25, 0.3) is 0 Å². The Bertz CT molecular complexity index is 273. The first kappa shape index (κ1) is 9.65. The Balaban J connectivity index is 1.82. The first-order chi connectivity index (χ1) is 6.86. The van der Waals surface area contributed by atoms with Gasteiger partial charge in [-0.05, 0) is 5.56 Å². The molecule has 1 aliphatic rings. The molecule has 0 spiro atoms. The summed E-state index contributed by atoms with van der Waals surface area (Å²) in [6.07, 6.45) is -0.645. The van der Waals surface area contributed by atoms with Gasteiger partial charge in [-0.25, -0.2) is 0 Å². The summed E-state index contributed by atoms with van der Waals surface area (Å²) in [4.78, 5) is 0. The average molecular weight is 194 g/mol. The van der Waals surface area contributed by atoms with Crippen molar-refractivity contribution >= 4 is 0 Å². The van der Waals surface area contributed by atoms with Crippen LogP contribution >= 0.6 is 0 Å². The molecule has 0 radical (unpaired) electrons. The fourth-order valence-corrected chi connectivity index (χ4v) is 1.46. The molecular formula is C11H14O3. The van der Waals surface area contributed by atoms with E-state index in [1.807, 2.05) is 30.3 Å². The van der Waals surface area contributed by atoms with Crippen LogP contribution in [0.25, 0.3) is 0 Å². The Kier molecular flexibility index (Phi) is 3.14. The van der Waals surface area contributed by atoms with E-state index in [9.17, 15) is 5.11 Å². The van der Waals surface area contributed by atoms with Crippen LogP contribution in [0, 0.1) is 0 Å². The fourth-order valence-electron chi connectivity index (χ4n) is 1.46. The van der Waals surface area contributed by atoms with Crippen molar-refractivity contribution in [3.63, 3.8) is 0 Å². The van der Waals surface area contributed by atoms with Gasteiger partial charge in [-0.2, -0.15) is 0 Å². The molecule has 76 valence electrons. The molecule has 0 unspecified atom stereocenters. The molecule has 3 heteroatoms. The van der Waals surface area contributed by atoms with E-state index in [4.69, 9.17) is 9.47 Å². The molecule has 3 nitrogen and oxygen atoms in total. The van der Waals surface area contributed by atoms with Gasteiger partial charge in [0.05, 0.1) is 19.8 Å². The predicted molar refractivity (Wildman–Crippen MR) is 51.8 cm³/mol. The van der Waals surface area contributed by atoms with Gasteiger partial charge in [-0.1, -0.05) is 30.3 Å². The molecule has 2 atom stereocenters. The maximum atomic E-state index is 9.42. The zero-order valence-corrected chi connectivity index (χ0v) is 7.93. The van der Waals surface area contributed by atoms with Gasteiger partial charge in [-0.3, -0.25) is 0 Å². The maximum absolute atomic E-state index is 9.42. The quantitative estimate of drug-likeness (QED) is 0.779. The Morgan fingerprint density at radius 2 is 2.07 bits per heavy atom. The molecule has 1 heterocycles. The summed E-state index contributed by atoms with van der Waals surface area (Å²) < 4.78 is 10.6. The Hall–Kier alpha value is -0.900. The fraction of sp³-hybridized carbons (Fsp3) is 0.455. The summed E-state index contributed by atoms with van der Waals surface area (Å²) in [5.41, 5.74) is 1.12. The van der Waals surface area contributed by atoms with Crippen molar-refractivity contribution in [2.75, 3.05) is 13.2 Å². The molecule has 0 saturated carbocycles. The highest BCUT2D eigenvalue weighted by Gasteiger charge is 2.26. The molecule has 1 saturated heterocycles. The first-order valence-corrected chi connectivity index (χ1v) is 4.77. The van der Waals surface area contributed by atoms with Crippen molar-refractivity contribution in [3.05, 3.63) is 35.9 Å². The van der Waals surface area contributed by atoms with E-state index in [1.54, 1.807) is 0 Å². The van der Waals surface area contributed by atoms with Gasteiger partial charge in [-0.15, -0.1) is 0 Å². The number of hydrogen-bond donors (Lipinski definition) is 1. The lowest BCUT2D eigenvalue weighted by molar-refractivity contribution is -0.0188. The third kappa shape index (κ3) is 2.32. The van der Waals surface area contributed by atoms with Crippen LogP contribution in [-0.4, -0.2) is 30.5 Å². The third-order valence-corrected chi connectivity index (χ3v) is 2.31. The molecule has 0 aromatic heterocycles. The van der Waals surface area contributed by atoms with Crippen LogP contribution < -0.4 is 0 Å². The highest BCUT2D eigenvalue weighted by Crippen LogP contribution is 2.12. The minimum absolute atomic E-state index is 0.171. The van der Waals surface area contributed by atoms with Gasteiger partial charge in [0.15, 0.2) is 0 Å². The topological polar surface area (TPSA) is 38.7 Å². The van der Waals surface area contributed by atoms with Gasteiger partial charge in [0.1, 0.15) is 12.2 Å². The summed E-state index contributed by atoms with van der Waals surface area (Å²) in [6.45, 7) is 1.42. The maximum Gasteiger partial charge on any atom is 0.109 e. The average Bonchev–Trinajstić information content (AvgIpc) is 2.63. The van der Waals surface area contributed by atoms with Crippen LogP contribution in [0.5, 0.6) is 0 Å². The van der Waals surface area contributed by atoms with Crippen molar-refractivity contribution in [2.45, 2.75) is 18.8 Å². The van der Waals surface area contributed by atoms with E-state index >= 15 is 0 Å². The zero-order valence-electron chi connectivity index (χ0n) is 7.93. The highest BCUT2D eigenvalue weighted by molar-refractivity contribution is 5.13. The van der Waals surface area contributed by atoms with E-state index in [0.717, 1.165) is 5.56 Å². The van der Waals surface area contributed by atoms with Crippen molar-refractivity contribution in [1.82, 2.24) is 0 Å². The highest BCUT2D eigenvalue weighted by atomic mass is 16.6. The van der Waals surface area contributed by atoms with E-state index in [-0.39, 0.29) is 6.10 Å². The molecule has 0 aliphatic carbocycles. The summed E-state index contributed by atoms with van der Waals surface area (Å²) >= 11 is 0. The van der Waals surface area contributed by atoms with Crippen molar-refractivity contribution in [3.8, 4) is 0 Å². The van der Waals surface area contributed by atoms with Crippen LogP contribution in [-0.2, 0) is 16.1 Å². The Morgan fingerprint density at radius 3 is 2.71 bits per heavy atom. The SMILES string of the molecule is O[C@H]1COC[C@H]1OCc1ccccc1. The van der Waals surface area contributed by atoms with Crippen molar-refractivity contribution < 1.29 is 14.6 Å². The summed E-state index contributed by atoms with van der Waals surface area (Å²) in [5, 5.41) is 9.42. The second-order valence-corrected chi connectivity index (χ2v) is 3.44. The predicted octanol–water partition coefficient (Wildman–Crippen LogP) is 0.963. The lowest BCUT2D eigenvalue weighted by atomic mass is 10.2. The van der Waals surface area contributed by atoms with E-state index < -0.39 is 6.10 Å². The number of benzene rings is 1. The van der Waals surface area contributed by atoms with Crippen molar-refractivity contribution in [2.24, 2.45) is 0 Å². The van der Waals surface area contributed by atoms with Crippen molar-refractivity contribution in [1.29, 1.82) is 0 Å². The van der Waals surface area contributed by atoms with E-state index in [0.29, 0.717) is 19.8 Å². The largest absolute Gasteiger partial charge is 0.388 e. The Morgan fingerprint density at radius 1 is 1.29 bits per heavy atom. The molecule has 1 fully saturated rings. The molecule has 2 rings (SSSR count). The van der Waals surface area contributed by atoms with Crippen LogP contribution in [0.1, 0.15) is 5.56 Å². The Labute approximate surface area is 83.3 Å². The van der Waals surface area contributed by atoms with Gasteiger partial charge in [0, 0.05) is 0 Å². The van der Waals surface area contributed by atoms with Crippen LogP contribution in [0.4, 0.5) is 0 Å². The number of aliphatic hydroxyl groups is 1. The number of ether oxygens (including phenoxy) is 2. The molecule has 0 amide bonds. The molecule has 1 aromatic carbocycles.